The second kappa shape index (κ2) is 7.31. The van der Waals surface area contributed by atoms with Crippen molar-refractivity contribution >= 4 is 11.9 Å². The third kappa shape index (κ3) is 6.41. The molecule has 0 spiro atoms. The van der Waals surface area contributed by atoms with Gasteiger partial charge in [-0.1, -0.05) is 26.0 Å². The monoisotopic (exact) mass is 267 g/mol. The van der Waals surface area contributed by atoms with Crippen LogP contribution in [0.15, 0.2) is 12.2 Å². The number of carboxylic acid groups (broad SMARTS) is 1. The van der Waals surface area contributed by atoms with Crippen molar-refractivity contribution in [2.75, 3.05) is 6.54 Å². The molecule has 0 heterocycles. The van der Waals surface area contributed by atoms with Crippen LogP contribution in [0.2, 0.25) is 0 Å². The molecule has 1 atom stereocenters. The molecule has 0 bridgehead atoms. The van der Waals surface area contributed by atoms with E-state index in [4.69, 9.17) is 5.11 Å². The average molecular weight is 267 g/mol. The van der Waals surface area contributed by atoms with Crippen molar-refractivity contribution in [2.24, 2.45) is 11.3 Å². The van der Waals surface area contributed by atoms with Crippen LogP contribution < -0.4 is 5.32 Å². The Kier molecular flexibility index (Phi) is 6.06. The Labute approximate surface area is 115 Å². The van der Waals surface area contributed by atoms with Crippen molar-refractivity contribution in [2.45, 2.75) is 52.4 Å². The number of allylic oxidation sites excluding steroid dienone is 2. The SMILES string of the molecule is CC(C)(CCNC(=O)C1CC=CCC1)CCC(=O)O. The predicted octanol–water partition coefficient (Wildman–Crippen LogP) is 2.74. The fourth-order valence-corrected chi connectivity index (χ4v) is 2.27. The molecular weight excluding hydrogens is 242 g/mol. The molecule has 1 aliphatic carbocycles. The van der Waals surface area contributed by atoms with E-state index in [1.54, 1.807) is 0 Å². The summed E-state index contributed by atoms with van der Waals surface area (Å²) in [5.41, 5.74) is -0.0435. The quantitative estimate of drug-likeness (QED) is 0.697. The molecule has 1 unspecified atom stereocenters. The highest BCUT2D eigenvalue weighted by molar-refractivity contribution is 5.78. The van der Waals surface area contributed by atoms with Gasteiger partial charge in [0.25, 0.3) is 0 Å². The van der Waals surface area contributed by atoms with Gasteiger partial charge in [0.15, 0.2) is 0 Å². The summed E-state index contributed by atoms with van der Waals surface area (Å²) in [6, 6.07) is 0. The summed E-state index contributed by atoms with van der Waals surface area (Å²) in [4.78, 5) is 22.5. The van der Waals surface area contributed by atoms with Crippen molar-refractivity contribution in [3.63, 3.8) is 0 Å². The fraction of sp³-hybridized carbons (Fsp3) is 0.733. The number of nitrogens with one attached hydrogen (secondary N) is 1. The van der Waals surface area contributed by atoms with Gasteiger partial charge in [-0.3, -0.25) is 9.59 Å². The van der Waals surface area contributed by atoms with E-state index in [2.05, 4.69) is 17.5 Å². The first kappa shape index (κ1) is 15.7. The lowest BCUT2D eigenvalue weighted by molar-refractivity contribution is -0.137. The van der Waals surface area contributed by atoms with Crippen LogP contribution in [-0.2, 0) is 9.59 Å². The average Bonchev–Trinajstić information content (AvgIpc) is 2.37. The van der Waals surface area contributed by atoms with Crippen molar-refractivity contribution in [1.29, 1.82) is 0 Å². The van der Waals surface area contributed by atoms with Crippen LogP contribution in [0.3, 0.4) is 0 Å². The second-order valence-electron chi connectivity index (χ2n) is 6.08. The molecule has 0 saturated heterocycles. The topological polar surface area (TPSA) is 66.4 Å². The Hall–Kier alpha value is -1.32. The highest BCUT2D eigenvalue weighted by Gasteiger charge is 2.21. The Morgan fingerprint density at radius 2 is 2.05 bits per heavy atom. The fourth-order valence-electron chi connectivity index (χ4n) is 2.27. The van der Waals surface area contributed by atoms with E-state index < -0.39 is 5.97 Å². The molecule has 1 rings (SSSR count). The normalized spacial score (nSPS) is 19.2. The molecule has 4 heteroatoms. The zero-order valence-electron chi connectivity index (χ0n) is 11.9. The molecule has 0 aromatic carbocycles. The van der Waals surface area contributed by atoms with Gasteiger partial charge in [-0.05, 0) is 37.5 Å². The zero-order chi connectivity index (χ0) is 14.3. The van der Waals surface area contributed by atoms with E-state index in [-0.39, 0.29) is 23.7 Å². The maximum absolute atomic E-state index is 11.9. The van der Waals surface area contributed by atoms with Gasteiger partial charge in [0, 0.05) is 18.9 Å². The maximum Gasteiger partial charge on any atom is 0.303 e. The Bertz CT molecular complexity index is 347. The molecule has 4 nitrogen and oxygen atoms in total. The van der Waals surface area contributed by atoms with E-state index in [1.165, 1.54) is 0 Å². The van der Waals surface area contributed by atoms with Crippen LogP contribution in [0.5, 0.6) is 0 Å². The van der Waals surface area contributed by atoms with Gasteiger partial charge in [0.1, 0.15) is 0 Å². The summed E-state index contributed by atoms with van der Waals surface area (Å²) in [5.74, 6) is -0.503. The third-order valence-corrected chi connectivity index (χ3v) is 3.76. The van der Waals surface area contributed by atoms with Gasteiger partial charge in [-0.15, -0.1) is 0 Å². The van der Waals surface area contributed by atoms with Gasteiger partial charge in [-0.25, -0.2) is 0 Å². The van der Waals surface area contributed by atoms with Gasteiger partial charge in [0.2, 0.25) is 5.91 Å². The molecule has 0 aromatic heterocycles. The number of hydrogen-bond donors (Lipinski definition) is 2. The Balaban J connectivity index is 2.23. The number of carboxylic acids is 1. The maximum atomic E-state index is 11.9. The van der Waals surface area contributed by atoms with E-state index in [9.17, 15) is 9.59 Å². The molecule has 0 aliphatic heterocycles. The molecule has 0 saturated carbocycles. The molecule has 1 aliphatic rings. The molecule has 108 valence electrons. The summed E-state index contributed by atoms with van der Waals surface area (Å²) < 4.78 is 0. The highest BCUT2D eigenvalue weighted by Crippen LogP contribution is 2.26. The largest absolute Gasteiger partial charge is 0.481 e. The van der Waals surface area contributed by atoms with E-state index in [0.29, 0.717) is 13.0 Å². The first-order valence-corrected chi connectivity index (χ1v) is 7.05. The molecule has 0 aromatic rings. The molecule has 2 N–H and O–H groups in total. The predicted molar refractivity (Wildman–Crippen MR) is 74.8 cm³/mol. The Morgan fingerprint density at radius 1 is 1.32 bits per heavy atom. The number of carbonyl (C=O) groups excluding carboxylic acids is 1. The van der Waals surface area contributed by atoms with Crippen LogP contribution >= 0.6 is 0 Å². The molecular formula is C15H25NO3. The zero-order valence-corrected chi connectivity index (χ0v) is 11.9. The van der Waals surface area contributed by atoms with E-state index in [0.717, 1.165) is 25.7 Å². The number of amides is 1. The molecule has 1 amide bonds. The summed E-state index contributed by atoms with van der Waals surface area (Å²) in [6.45, 7) is 4.72. The van der Waals surface area contributed by atoms with E-state index >= 15 is 0 Å². The van der Waals surface area contributed by atoms with E-state index in [1.807, 2.05) is 13.8 Å². The number of aliphatic carboxylic acids is 1. The van der Waals surface area contributed by atoms with Crippen molar-refractivity contribution in [3.05, 3.63) is 12.2 Å². The third-order valence-electron chi connectivity index (χ3n) is 3.76. The summed E-state index contributed by atoms with van der Waals surface area (Å²) >= 11 is 0. The summed E-state index contributed by atoms with van der Waals surface area (Å²) in [6.07, 6.45) is 8.61. The lowest BCUT2D eigenvalue weighted by atomic mass is 9.84. The minimum absolute atomic E-state index is 0.0435. The van der Waals surface area contributed by atoms with Crippen LogP contribution in [0, 0.1) is 11.3 Å². The Morgan fingerprint density at radius 3 is 2.63 bits per heavy atom. The van der Waals surface area contributed by atoms with Crippen LogP contribution in [0.1, 0.15) is 52.4 Å². The highest BCUT2D eigenvalue weighted by atomic mass is 16.4. The molecule has 0 radical (unpaired) electrons. The standard InChI is InChI=1S/C15H25NO3/c1-15(2,9-8-13(17)18)10-11-16-14(19)12-6-4-3-5-7-12/h3-4,12H,5-11H2,1-2H3,(H,16,19)(H,17,18). The lowest BCUT2D eigenvalue weighted by Crippen LogP contribution is -2.33. The second-order valence-corrected chi connectivity index (χ2v) is 6.08. The number of carbonyl (C=O) groups is 2. The van der Waals surface area contributed by atoms with Gasteiger partial charge >= 0.3 is 5.97 Å². The smallest absolute Gasteiger partial charge is 0.303 e. The molecule has 0 fully saturated rings. The van der Waals surface area contributed by atoms with Crippen LogP contribution in [-0.4, -0.2) is 23.5 Å². The first-order valence-electron chi connectivity index (χ1n) is 7.05. The van der Waals surface area contributed by atoms with Crippen LogP contribution in [0.4, 0.5) is 0 Å². The van der Waals surface area contributed by atoms with Gasteiger partial charge in [-0.2, -0.15) is 0 Å². The minimum atomic E-state index is -0.758. The first-order chi connectivity index (χ1) is 8.91. The summed E-state index contributed by atoms with van der Waals surface area (Å²) in [7, 11) is 0. The van der Waals surface area contributed by atoms with Crippen LogP contribution in [0.25, 0.3) is 0 Å². The minimum Gasteiger partial charge on any atom is -0.481 e. The number of hydrogen-bond acceptors (Lipinski definition) is 2. The lowest BCUT2D eigenvalue weighted by Gasteiger charge is -2.25. The van der Waals surface area contributed by atoms with Crippen molar-refractivity contribution in [1.82, 2.24) is 5.32 Å². The number of rotatable bonds is 7. The van der Waals surface area contributed by atoms with Gasteiger partial charge < -0.3 is 10.4 Å². The van der Waals surface area contributed by atoms with Gasteiger partial charge in [0.05, 0.1) is 0 Å². The van der Waals surface area contributed by atoms with Crippen molar-refractivity contribution < 1.29 is 14.7 Å². The van der Waals surface area contributed by atoms with Crippen molar-refractivity contribution in [3.8, 4) is 0 Å². The molecule has 19 heavy (non-hydrogen) atoms. The summed E-state index contributed by atoms with van der Waals surface area (Å²) in [5, 5.41) is 11.7.